The molecule has 1 amide bonds. The number of amides is 1. The third kappa shape index (κ3) is 5.97. The Kier molecular flexibility index (Phi) is 7.53. The van der Waals surface area contributed by atoms with Crippen molar-refractivity contribution in [2.45, 2.75) is 63.7 Å². The van der Waals surface area contributed by atoms with Crippen molar-refractivity contribution >= 4 is 21.6 Å². The predicted octanol–water partition coefficient (Wildman–Crippen LogP) is 5.07. The lowest BCUT2D eigenvalue weighted by molar-refractivity contribution is -0.119. The van der Waals surface area contributed by atoms with Crippen LogP contribution in [0.15, 0.2) is 48.5 Å². The van der Waals surface area contributed by atoms with Gasteiger partial charge in [-0.05, 0) is 104 Å². The number of carbonyl (C=O) groups excluding carboxylic acids is 1. The molecule has 2 aromatic rings. The Labute approximate surface area is 221 Å². The lowest BCUT2D eigenvalue weighted by Crippen LogP contribution is -2.48. The molecule has 4 bridgehead atoms. The first-order chi connectivity index (χ1) is 17.7. The number of nitrogens with zero attached hydrogens (tertiary/aromatic N) is 1. The number of carbonyl (C=O) groups is 1. The molecule has 37 heavy (non-hydrogen) atoms. The van der Waals surface area contributed by atoms with Gasteiger partial charge in [0.1, 0.15) is 18.9 Å². The van der Waals surface area contributed by atoms with E-state index in [1.165, 1.54) is 54.0 Å². The molecule has 0 saturated heterocycles. The second-order valence-electron chi connectivity index (χ2n) is 11.6. The molecule has 0 unspecified atom stereocenters. The molecule has 6 nitrogen and oxygen atoms in total. The van der Waals surface area contributed by atoms with Crippen LogP contribution in [0, 0.1) is 17.8 Å². The van der Waals surface area contributed by atoms with Crippen LogP contribution in [0.25, 0.3) is 0 Å². The summed E-state index contributed by atoms with van der Waals surface area (Å²) in [7, 11) is -3.61. The normalized spacial score (nSPS) is 26.2. The summed E-state index contributed by atoms with van der Waals surface area (Å²) in [4.78, 5) is 12.6. The third-order valence-electron chi connectivity index (χ3n) is 8.65. The van der Waals surface area contributed by atoms with Crippen molar-refractivity contribution in [3.8, 4) is 5.75 Å². The Morgan fingerprint density at radius 1 is 0.973 bits per heavy atom. The zero-order valence-electron chi connectivity index (χ0n) is 22.1. The minimum absolute atomic E-state index is 0.249. The van der Waals surface area contributed by atoms with E-state index >= 15 is 0 Å². The average molecular weight is 525 g/mol. The van der Waals surface area contributed by atoms with Crippen LogP contribution in [-0.4, -0.2) is 40.3 Å². The molecule has 0 aromatic heterocycles. The quantitative estimate of drug-likeness (QED) is 0.417. The number of benzene rings is 2. The highest BCUT2D eigenvalue weighted by Gasteiger charge is 2.51. The van der Waals surface area contributed by atoms with E-state index in [1.807, 2.05) is 24.3 Å². The first-order valence-corrected chi connectivity index (χ1v) is 15.7. The van der Waals surface area contributed by atoms with Gasteiger partial charge < -0.3 is 10.1 Å². The van der Waals surface area contributed by atoms with Gasteiger partial charge in [0, 0.05) is 0 Å². The molecular weight excluding hydrogens is 484 g/mol. The average Bonchev–Trinajstić information content (AvgIpc) is 2.85. The van der Waals surface area contributed by atoms with Crippen LogP contribution in [0.1, 0.15) is 63.0 Å². The van der Waals surface area contributed by atoms with Gasteiger partial charge in [0.2, 0.25) is 15.9 Å². The number of sulfonamides is 1. The highest BCUT2D eigenvalue weighted by Crippen LogP contribution is 2.60. The molecular formula is C30H40N2O4S. The first-order valence-electron chi connectivity index (χ1n) is 13.8. The first kappa shape index (κ1) is 26.1. The topological polar surface area (TPSA) is 75.7 Å². The Morgan fingerprint density at radius 2 is 1.57 bits per heavy atom. The van der Waals surface area contributed by atoms with Crippen LogP contribution >= 0.6 is 0 Å². The van der Waals surface area contributed by atoms with Gasteiger partial charge in [0.05, 0.1) is 18.5 Å². The molecule has 1 N–H and O–H groups in total. The maximum atomic E-state index is 12.6. The fourth-order valence-electron chi connectivity index (χ4n) is 7.43. The highest BCUT2D eigenvalue weighted by atomic mass is 32.2. The molecule has 0 atom stereocenters. The van der Waals surface area contributed by atoms with Crippen LogP contribution in [0.4, 0.5) is 5.69 Å². The van der Waals surface area contributed by atoms with E-state index in [0.717, 1.165) is 42.6 Å². The molecule has 7 heteroatoms. The Hall–Kier alpha value is -2.54. The SMILES string of the molecule is CCCc1ccc(OCCNC(=O)CN(c2ccc(C34CC5CC(CC(C5)C3)C4)cc2)S(C)(=O)=O)cc1. The summed E-state index contributed by atoms with van der Waals surface area (Å²) in [5.41, 5.74) is 3.41. The lowest BCUT2D eigenvalue weighted by atomic mass is 9.48. The number of aryl methyl sites for hydroxylation is 1. The summed E-state index contributed by atoms with van der Waals surface area (Å²) in [5, 5.41) is 2.79. The number of hydrogen-bond acceptors (Lipinski definition) is 4. The van der Waals surface area contributed by atoms with E-state index in [0.29, 0.717) is 18.8 Å². The molecule has 0 radical (unpaired) electrons. The van der Waals surface area contributed by atoms with Crippen molar-refractivity contribution in [3.63, 3.8) is 0 Å². The standard InChI is InChI=1S/C30H40N2O4S/c1-3-4-22-5-11-28(12-6-22)36-14-13-31-29(33)21-32(37(2,34)35)27-9-7-26(8-10-27)30-18-23-15-24(19-30)17-25(16-23)20-30/h5-12,23-25H,3-4,13-21H2,1-2H3,(H,31,33). The maximum Gasteiger partial charge on any atom is 0.240 e. The molecule has 4 fully saturated rings. The molecule has 4 saturated carbocycles. The summed E-state index contributed by atoms with van der Waals surface area (Å²) >= 11 is 0. The summed E-state index contributed by atoms with van der Waals surface area (Å²) in [6, 6.07) is 16.0. The number of anilines is 1. The van der Waals surface area contributed by atoms with Crippen LogP contribution in [-0.2, 0) is 26.7 Å². The van der Waals surface area contributed by atoms with Gasteiger partial charge in [0.15, 0.2) is 0 Å². The fraction of sp³-hybridized carbons (Fsp3) is 0.567. The van der Waals surface area contributed by atoms with Crippen LogP contribution < -0.4 is 14.4 Å². The van der Waals surface area contributed by atoms with Gasteiger partial charge in [-0.25, -0.2) is 8.42 Å². The van der Waals surface area contributed by atoms with E-state index in [4.69, 9.17) is 4.74 Å². The molecule has 2 aromatic carbocycles. The van der Waals surface area contributed by atoms with Gasteiger partial charge in [-0.1, -0.05) is 37.6 Å². The van der Waals surface area contributed by atoms with Crippen LogP contribution in [0.2, 0.25) is 0 Å². The highest BCUT2D eigenvalue weighted by molar-refractivity contribution is 7.92. The van der Waals surface area contributed by atoms with E-state index < -0.39 is 10.0 Å². The van der Waals surface area contributed by atoms with Crippen LogP contribution in [0.5, 0.6) is 5.75 Å². The van der Waals surface area contributed by atoms with Gasteiger partial charge in [-0.15, -0.1) is 0 Å². The fourth-order valence-corrected chi connectivity index (χ4v) is 8.29. The summed E-state index contributed by atoms with van der Waals surface area (Å²) < 4.78 is 32.1. The van der Waals surface area contributed by atoms with Gasteiger partial charge >= 0.3 is 0 Å². The minimum Gasteiger partial charge on any atom is -0.492 e. The third-order valence-corrected chi connectivity index (χ3v) is 9.79. The molecule has 4 aliphatic rings. The number of nitrogens with one attached hydrogen (secondary N) is 1. The summed E-state index contributed by atoms with van der Waals surface area (Å²) in [5.74, 6) is 2.97. The van der Waals surface area contributed by atoms with E-state index in [-0.39, 0.29) is 17.9 Å². The van der Waals surface area contributed by atoms with Gasteiger partial charge in [0.25, 0.3) is 0 Å². The molecule has 0 heterocycles. The van der Waals surface area contributed by atoms with E-state index in [2.05, 4.69) is 36.5 Å². The van der Waals surface area contributed by atoms with Crippen LogP contribution in [0.3, 0.4) is 0 Å². The van der Waals surface area contributed by atoms with Crippen molar-refractivity contribution < 1.29 is 17.9 Å². The lowest BCUT2D eigenvalue weighted by Gasteiger charge is -2.57. The zero-order valence-corrected chi connectivity index (χ0v) is 22.9. The largest absolute Gasteiger partial charge is 0.492 e. The number of hydrogen-bond donors (Lipinski definition) is 1. The Bertz CT molecular complexity index is 1160. The van der Waals surface area contributed by atoms with Crippen molar-refractivity contribution in [1.29, 1.82) is 0 Å². The maximum absolute atomic E-state index is 12.6. The monoisotopic (exact) mass is 524 g/mol. The number of rotatable bonds is 11. The molecule has 6 rings (SSSR count). The van der Waals surface area contributed by atoms with Crippen molar-refractivity contribution in [3.05, 3.63) is 59.7 Å². The summed E-state index contributed by atoms with van der Waals surface area (Å²) in [6.07, 6.45) is 11.3. The molecule has 200 valence electrons. The Balaban J connectivity index is 1.17. The second kappa shape index (κ2) is 10.7. The van der Waals surface area contributed by atoms with Crippen molar-refractivity contribution in [2.75, 3.05) is 30.3 Å². The molecule has 4 aliphatic carbocycles. The van der Waals surface area contributed by atoms with E-state index in [9.17, 15) is 13.2 Å². The van der Waals surface area contributed by atoms with E-state index in [1.54, 1.807) is 0 Å². The van der Waals surface area contributed by atoms with Crippen molar-refractivity contribution in [1.82, 2.24) is 5.32 Å². The molecule has 0 spiro atoms. The minimum atomic E-state index is -3.61. The van der Waals surface area contributed by atoms with Crippen molar-refractivity contribution in [2.24, 2.45) is 17.8 Å². The zero-order chi connectivity index (χ0) is 26.0. The smallest absolute Gasteiger partial charge is 0.240 e. The van der Waals surface area contributed by atoms with Gasteiger partial charge in [-0.3, -0.25) is 9.10 Å². The molecule has 0 aliphatic heterocycles. The Morgan fingerprint density at radius 3 is 2.11 bits per heavy atom. The second-order valence-corrected chi connectivity index (χ2v) is 13.5. The number of ether oxygens (including phenoxy) is 1. The predicted molar refractivity (Wildman–Crippen MR) is 147 cm³/mol. The van der Waals surface area contributed by atoms with Gasteiger partial charge in [-0.2, -0.15) is 0 Å². The summed E-state index contributed by atoms with van der Waals surface area (Å²) in [6.45, 7) is 2.52.